The number of rotatable bonds is 11. The third-order valence-corrected chi connectivity index (χ3v) is 26.1. The number of hydrogen-bond donors (Lipinski definition) is 0. The van der Waals surface area contributed by atoms with Crippen molar-refractivity contribution < 1.29 is 0 Å². The van der Waals surface area contributed by atoms with Gasteiger partial charge >= 0.3 is 0 Å². The molecule has 111 heavy (non-hydrogen) atoms. The summed E-state index contributed by atoms with van der Waals surface area (Å²) in [7, 11) is 0. The van der Waals surface area contributed by atoms with Gasteiger partial charge in [-0.05, 0) is 240 Å². The highest BCUT2D eigenvalue weighted by molar-refractivity contribution is 7.00. The fourth-order valence-corrected chi connectivity index (χ4v) is 21.6. The highest BCUT2D eigenvalue weighted by Crippen LogP contribution is 2.58. The maximum Gasteiger partial charge on any atom is 0.252 e. The molecule has 0 spiro atoms. The van der Waals surface area contributed by atoms with E-state index in [1.54, 1.807) is 0 Å². The van der Waals surface area contributed by atoms with Gasteiger partial charge in [0.15, 0.2) is 0 Å². The SMILES string of the molecule is c1ccc(-c2cc(-c3ccccc3)c(N3c4ccc(-c5ccc6ccc7cccc8ccc5c6c78)cc4B4c5cc(-c6ccc7ccc8cccc9ccc6c7c89)ccc5N(c5c(-c6ccccc6)cc(-c6ccccc6)cc5-c5ccccc5)c5cc(N6C7CC8CC(C7)CC6C8)cc3c54)c(-c3ccccc3)c2)cc1. The molecular weight excluding hydrogens is 1340 g/mol. The first-order chi connectivity index (χ1) is 55.0. The average Bonchev–Trinajstić information content (AvgIpc) is 0.682. The summed E-state index contributed by atoms with van der Waals surface area (Å²) in [6.45, 7) is -0.276. The van der Waals surface area contributed by atoms with Gasteiger partial charge in [0.2, 0.25) is 0 Å². The normalized spacial score (nSPS) is 16.8. The second-order valence-corrected chi connectivity index (χ2v) is 32.1. The summed E-state index contributed by atoms with van der Waals surface area (Å²) in [4.78, 5) is 8.56. The summed E-state index contributed by atoms with van der Waals surface area (Å²) in [5.74, 6) is 1.52. The number of hydrogen-bond acceptors (Lipinski definition) is 3. The van der Waals surface area contributed by atoms with Crippen LogP contribution in [0.5, 0.6) is 0 Å². The highest BCUT2D eigenvalue weighted by atomic mass is 15.2. The van der Waals surface area contributed by atoms with E-state index in [0.717, 1.165) is 45.5 Å². The average molecular weight is 1410 g/mol. The molecule has 4 bridgehead atoms. The van der Waals surface area contributed by atoms with Crippen LogP contribution in [0.15, 0.2) is 364 Å². The van der Waals surface area contributed by atoms with Crippen LogP contribution in [0.4, 0.5) is 39.8 Å². The molecule has 4 aliphatic heterocycles. The molecule has 2 saturated heterocycles. The summed E-state index contributed by atoms with van der Waals surface area (Å²) < 4.78 is 0. The third kappa shape index (κ3) is 9.73. The van der Waals surface area contributed by atoms with Crippen molar-refractivity contribution in [2.75, 3.05) is 14.7 Å². The van der Waals surface area contributed by atoms with E-state index in [1.165, 1.54) is 208 Å². The van der Waals surface area contributed by atoms with Crippen LogP contribution in [-0.4, -0.2) is 18.8 Å². The van der Waals surface area contributed by atoms with Gasteiger partial charge in [-0.1, -0.05) is 315 Å². The number of nitrogens with zero attached hydrogens (tertiary/aromatic N) is 3. The van der Waals surface area contributed by atoms with Gasteiger partial charge in [0, 0.05) is 62.8 Å². The maximum atomic E-state index is 2.97. The van der Waals surface area contributed by atoms with E-state index in [9.17, 15) is 0 Å². The highest BCUT2D eigenvalue weighted by Gasteiger charge is 2.50. The Morgan fingerprint density at radius 2 is 0.550 bits per heavy atom. The number of anilines is 7. The minimum atomic E-state index is -0.276. The molecule has 520 valence electrons. The predicted octanol–water partition coefficient (Wildman–Crippen LogP) is 26.7. The van der Waals surface area contributed by atoms with Gasteiger partial charge in [-0.15, -0.1) is 0 Å². The van der Waals surface area contributed by atoms with Crippen LogP contribution in [0.2, 0.25) is 0 Å². The van der Waals surface area contributed by atoms with Crippen molar-refractivity contribution in [3.05, 3.63) is 364 Å². The van der Waals surface area contributed by atoms with E-state index >= 15 is 0 Å². The molecule has 4 heteroatoms. The molecule has 3 nitrogen and oxygen atoms in total. The molecule has 0 N–H and O–H groups in total. The second kappa shape index (κ2) is 24.6. The molecule has 0 aromatic heterocycles. The van der Waals surface area contributed by atoms with Crippen molar-refractivity contribution in [3.63, 3.8) is 0 Å². The lowest BCUT2D eigenvalue weighted by Gasteiger charge is -2.58. The molecule has 19 aromatic rings. The zero-order valence-electron chi connectivity index (χ0n) is 61.4. The smallest absolute Gasteiger partial charge is 0.252 e. The monoisotopic (exact) mass is 1410 g/mol. The standard InChI is InChI=1S/C107H74BN3/c1-7-21-68(22-8-1)82-58-91(70-25-11-3-12-26-70)106(92(59-82)71-27-13-4-14-28-71)110-97-51-45-80(87-47-41-78-39-37-74-33-19-35-76-43-49-89(87)103(78)101(74)76)62-95(97)108-96-63-81(88-48-42-79-40-38-75-34-20-36-77-44-50-90(88)104(79)102(75)77)46-52-98(96)111(100-65-86(64-99(110)105(100)108)109-84-54-66-53-67(56-84)57-85(109)55-66)107-93(72-29-15-5-16-30-72)60-83(69-23-9-2-10-24-69)61-94(107)73-31-17-6-18-32-73/h1-52,58-67,84-85H,53-57H2. The Hall–Kier alpha value is -13.3. The largest absolute Gasteiger partial charge is 0.365 e. The summed E-state index contributed by atoms with van der Waals surface area (Å²) in [5, 5.41) is 15.4. The van der Waals surface area contributed by atoms with Crippen LogP contribution < -0.4 is 31.1 Å². The van der Waals surface area contributed by atoms with Crippen molar-refractivity contribution in [3.8, 4) is 89.0 Å². The van der Waals surface area contributed by atoms with Crippen LogP contribution >= 0.6 is 0 Å². The van der Waals surface area contributed by atoms with Crippen molar-refractivity contribution in [2.24, 2.45) is 11.8 Å². The van der Waals surface area contributed by atoms with Gasteiger partial charge in [0.1, 0.15) is 0 Å². The molecule has 2 saturated carbocycles. The van der Waals surface area contributed by atoms with Crippen LogP contribution in [0, 0.1) is 11.8 Å². The zero-order valence-corrected chi connectivity index (χ0v) is 61.4. The van der Waals surface area contributed by atoms with E-state index in [-0.39, 0.29) is 6.71 Å². The predicted molar refractivity (Wildman–Crippen MR) is 471 cm³/mol. The molecule has 0 unspecified atom stereocenters. The Labute approximate surface area is 647 Å². The molecule has 19 aromatic carbocycles. The van der Waals surface area contributed by atoms with Crippen LogP contribution in [0.25, 0.3) is 154 Å². The zero-order chi connectivity index (χ0) is 72.5. The van der Waals surface area contributed by atoms with E-state index < -0.39 is 0 Å². The van der Waals surface area contributed by atoms with Gasteiger partial charge in [0.05, 0.1) is 11.4 Å². The summed E-state index contributed by atoms with van der Waals surface area (Å²) in [6.07, 6.45) is 6.29. The number of piperidine rings is 2. The fourth-order valence-electron chi connectivity index (χ4n) is 21.6. The van der Waals surface area contributed by atoms with Gasteiger partial charge in [-0.3, -0.25) is 0 Å². The number of fused-ring (bicyclic) bond motifs is 4. The molecular formula is C107H74BN3. The Kier molecular flexibility index (Phi) is 13.9. The summed E-state index contributed by atoms with van der Waals surface area (Å²) in [5.41, 5.74) is 31.1. The lowest BCUT2D eigenvalue weighted by Crippen LogP contribution is -2.62. The van der Waals surface area contributed by atoms with E-state index in [1.807, 2.05) is 0 Å². The second-order valence-electron chi connectivity index (χ2n) is 32.1. The van der Waals surface area contributed by atoms with Crippen molar-refractivity contribution in [2.45, 2.75) is 44.2 Å². The van der Waals surface area contributed by atoms with Crippen LogP contribution in [0.3, 0.4) is 0 Å². The van der Waals surface area contributed by atoms with Crippen LogP contribution in [0.1, 0.15) is 32.1 Å². The molecule has 4 heterocycles. The minimum absolute atomic E-state index is 0.276. The molecule has 0 radical (unpaired) electrons. The molecule has 4 fully saturated rings. The van der Waals surface area contributed by atoms with E-state index in [4.69, 9.17) is 0 Å². The minimum Gasteiger partial charge on any atom is -0.365 e. The molecule has 0 amide bonds. The van der Waals surface area contributed by atoms with Gasteiger partial charge in [0.25, 0.3) is 6.71 Å². The van der Waals surface area contributed by atoms with Gasteiger partial charge < -0.3 is 14.7 Å². The fraction of sp³-hybridized carbons (Fsp3) is 0.0841. The Morgan fingerprint density at radius 3 is 0.910 bits per heavy atom. The first-order valence-corrected chi connectivity index (χ1v) is 39.9. The van der Waals surface area contributed by atoms with Crippen LogP contribution in [-0.2, 0) is 0 Å². The van der Waals surface area contributed by atoms with E-state index in [0.29, 0.717) is 12.1 Å². The molecule has 6 aliphatic rings. The molecule has 0 atom stereocenters. The summed E-state index contributed by atoms with van der Waals surface area (Å²) >= 11 is 0. The first-order valence-electron chi connectivity index (χ1n) is 39.9. The Bertz CT molecular complexity index is 6380. The topological polar surface area (TPSA) is 9.72 Å². The lowest BCUT2D eigenvalue weighted by atomic mass is 9.33. The van der Waals surface area contributed by atoms with E-state index in [2.05, 4.69) is 379 Å². The van der Waals surface area contributed by atoms with Crippen molar-refractivity contribution >= 4 is 128 Å². The first kappa shape index (κ1) is 62.7. The van der Waals surface area contributed by atoms with Crippen molar-refractivity contribution in [1.82, 2.24) is 0 Å². The van der Waals surface area contributed by atoms with Gasteiger partial charge in [-0.2, -0.15) is 0 Å². The quantitative estimate of drug-likeness (QED) is 0.0944. The number of benzene rings is 19. The molecule has 25 rings (SSSR count). The Morgan fingerprint density at radius 1 is 0.225 bits per heavy atom. The van der Waals surface area contributed by atoms with Crippen molar-refractivity contribution in [1.29, 1.82) is 0 Å². The third-order valence-electron chi connectivity index (χ3n) is 26.1. The summed E-state index contributed by atoms with van der Waals surface area (Å²) in [6, 6.07) is 141. The maximum absolute atomic E-state index is 2.97. The van der Waals surface area contributed by atoms with Gasteiger partial charge in [-0.25, -0.2) is 0 Å². The lowest BCUT2D eigenvalue weighted by molar-refractivity contribution is 0.0900. The molecule has 2 aliphatic carbocycles. The Balaban J connectivity index is 0.874.